The number of pyridine rings is 1. The molecule has 4 aromatic rings. The van der Waals surface area contributed by atoms with E-state index >= 15 is 0 Å². The average Bonchev–Trinajstić information content (AvgIpc) is 3.35. The van der Waals surface area contributed by atoms with Gasteiger partial charge in [0.05, 0.1) is 16.9 Å². The number of piperidine rings is 1. The third-order valence-corrected chi connectivity index (χ3v) is 7.77. The number of hydrogen-bond acceptors (Lipinski definition) is 7. The van der Waals surface area contributed by atoms with E-state index < -0.39 is 0 Å². The Morgan fingerprint density at radius 1 is 1.05 bits per heavy atom. The summed E-state index contributed by atoms with van der Waals surface area (Å²) in [5, 5.41) is 8.83. The van der Waals surface area contributed by atoms with Gasteiger partial charge in [-0.25, -0.2) is 15.0 Å². The van der Waals surface area contributed by atoms with Gasteiger partial charge in [0.2, 0.25) is 17.7 Å². The number of hydrogen-bond donors (Lipinski definition) is 2. The number of benzene rings is 2. The molecule has 2 aliphatic heterocycles. The number of amides is 1. The van der Waals surface area contributed by atoms with Gasteiger partial charge in [0.1, 0.15) is 5.75 Å². The SMILES string of the molecule is CCC1CCC(=O)N1c1cccc2c(Oc3ncccc3-c3ccnc(NC4CCCNC4)n3)c(C)ccc12. The molecule has 2 aliphatic rings. The number of anilines is 2. The zero-order valence-electron chi connectivity index (χ0n) is 22.5. The molecule has 2 saturated heterocycles. The van der Waals surface area contributed by atoms with E-state index in [0.717, 1.165) is 77.8 Å². The van der Waals surface area contributed by atoms with Crippen molar-refractivity contribution in [1.82, 2.24) is 20.3 Å². The number of nitrogens with one attached hydrogen (secondary N) is 2. The minimum Gasteiger partial charge on any atom is -0.437 e. The highest BCUT2D eigenvalue weighted by molar-refractivity contribution is 6.07. The molecule has 4 heterocycles. The maximum absolute atomic E-state index is 12.8. The molecular formula is C31H34N6O2. The monoisotopic (exact) mass is 522 g/mol. The zero-order valence-corrected chi connectivity index (χ0v) is 22.5. The van der Waals surface area contributed by atoms with E-state index in [-0.39, 0.29) is 11.9 Å². The quantitative estimate of drug-likeness (QED) is 0.314. The van der Waals surface area contributed by atoms with Crippen LogP contribution in [0.2, 0.25) is 0 Å². The molecule has 0 aliphatic carbocycles. The molecule has 8 heteroatoms. The number of rotatable bonds is 7. The van der Waals surface area contributed by atoms with Gasteiger partial charge >= 0.3 is 0 Å². The summed E-state index contributed by atoms with van der Waals surface area (Å²) in [5.74, 6) is 1.99. The van der Waals surface area contributed by atoms with Crippen LogP contribution < -0.4 is 20.3 Å². The van der Waals surface area contributed by atoms with Crippen LogP contribution in [0.25, 0.3) is 22.0 Å². The molecule has 2 N–H and O–H groups in total. The van der Waals surface area contributed by atoms with Crippen molar-refractivity contribution < 1.29 is 9.53 Å². The minimum absolute atomic E-state index is 0.182. The largest absolute Gasteiger partial charge is 0.437 e. The number of ether oxygens (including phenoxy) is 1. The van der Waals surface area contributed by atoms with Crippen LogP contribution in [0.4, 0.5) is 11.6 Å². The second-order valence-electron chi connectivity index (χ2n) is 10.4. The fourth-order valence-corrected chi connectivity index (χ4v) is 5.73. The Kier molecular flexibility index (Phi) is 7.11. The third kappa shape index (κ3) is 5.04. The molecule has 2 aromatic heterocycles. The minimum atomic E-state index is 0.182. The van der Waals surface area contributed by atoms with Gasteiger partial charge in [0, 0.05) is 48.2 Å². The van der Waals surface area contributed by atoms with Crippen LogP contribution in [0.15, 0.2) is 60.9 Å². The first kappa shape index (κ1) is 25.2. The van der Waals surface area contributed by atoms with Crippen molar-refractivity contribution in [1.29, 1.82) is 0 Å². The molecule has 2 unspecified atom stereocenters. The first-order valence-corrected chi connectivity index (χ1v) is 13.9. The fraction of sp³-hybridized carbons (Fsp3) is 0.355. The summed E-state index contributed by atoms with van der Waals surface area (Å²) >= 11 is 0. The predicted octanol–water partition coefficient (Wildman–Crippen LogP) is 5.86. The van der Waals surface area contributed by atoms with Crippen LogP contribution in [-0.2, 0) is 4.79 Å². The van der Waals surface area contributed by atoms with Gasteiger partial charge in [0.15, 0.2) is 0 Å². The smallest absolute Gasteiger partial charge is 0.228 e. The van der Waals surface area contributed by atoms with Crippen molar-refractivity contribution in [2.24, 2.45) is 0 Å². The fourth-order valence-electron chi connectivity index (χ4n) is 5.73. The lowest BCUT2D eigenvalue weighted by Gasteiger charge is -2.26. The number of fused-ring (bicyclic) bond motifs is 1. The van der Waals surface area contributed by atoms with Gasteiger partial charge in [-0.05, 0) is 69.0 Å². The highest BCUT2D eigenvalue weighted by atomic mass is 16.5. The highest BCUT2D eigenvalue weighted by Gasteiger charge is 2.32. The van der Waals surface area contributed by atoms with Crippen LogP contribution >= 0.6 is 0 Å². The molecule has 1 amide bonds. The Hall–Kier alpha value is -4.04. The Balaban J connectivity index is 1.36. The predicted molar refractivity (Wildman–Crippen MR) is 154 cm³/mol. The maximum atomic E-state index is 12.8. The van der Waals surface area contributed by atoms with Gasteiger partial charge in [-0.2, -0.15) is 0 Å². The Bertz CT molecular complexity index is 1500. The number of aryl methyl sites for hydroxylation is 1. The summed E-state index contributed by atoms with van der Waals surface area (Å²) in [6.07, 6.45) is 8.14. The van der Waals surface area contributed by atoms with Crippen LogP contribution in [0.5, 0.6) is 11.6 Å². The molecular weight excluding hydrogens is 488 g/mol. The number of aromatic nitrogens is 3. The van der Waals surface area contributed by atoms with Crippen molar-refractivity contribution in [3.05, 3.63) is 66.5 Å². The van der Waals surface area contributed by atoms with Crippen molar-refractivity contribution in [3.63, 3.8) is 0 Å². The van der Waals surface area contributed by atoms with E-state index in [1.807, 2.05) is 42.2 Å². The van der Waals surface area contributed by atoms with Crippen molar-refractivity contribution in [3.8, 4) is 22.9 Å². The van der Waals surface area contributed by atoms with Crippen molar-refractivity contribution >= 4 is 28.3 Å². The maximum Gasteiger partial charge on any atom is 0.228 e. The lowest BCUT2D eigenvalue weighted by molar-refractivity contribution is -0.117. The standard InChI is InChI=1S/C31H34N6O2/c1-3-22-12-14-28(38)37(22)27-10-4-8-24-23(27)13-11-20(2)29(24)39-30-25(9-6-17-33-30)26-15-18-34-31(36-26)35-21-7-5-16-32-19-21/h4,6,8-11,13,15,17-18,21-22,32H,3,5,7,12,14,16,19H2,1-2H3,(H,34,35,36). The molecule has 0 bridgehead atoms. The highest BCUT2D eigenvalue weighted by Crippen LogP contribution is 2.41. The van der Waals surface area contributed by atoms with Gasteiger partial charge in [0.25, 0.3) is 0 Å². The summed E-state index contributed by atoms with van der Waals surface area (Å²) in [6.45, 7) is 6.13. The van der Waals surface area contributed by atoms with E-state index in [4.69, 9.17) is 9.72 Å². The van der Waals surface area contributed by atoms with Crippen molar-refractivity contribution in [2.45, 2.75) is 58.0 Å². The lowest BCUT2D eigenvalue weighted by atomic mass is 10.0. The topological polar surface area (TPSA) is 92.3 Å². The molecule has 2 atom stereocenters. The molecule has 39 heavy (non-hydrogen) atoms. The van der Waals surface area contributed by atoms with E-state index in [2.05, 4.69) is 45.7 Å². The summed E-state index contributed by atoms with van der Waals surface area (Å²) in [7, 11) is 0. The van der Waals surface area contributed by atoms with Gasteiger partial charge in [-0.3, -0.25) is 4.79 Å². The van der Waals surface area contributed by atoms with E-state index in [1.165, 1.54) is 0 Å². The average molecular weight is 523 g/mol. The summed E-state index contributed by atoms with van der Waals surface area (Å²) in [6, 6.07) is 16.5. The van der Waals surface area contributed by atoms with Gasteiger partial charge < -0.3 is 20.3 Å². The molecule has 0 saturated carbocycles. The molecule has 6 rings (SSSR count). The van der Waals surface area contributed by atoms with Crippen LogP contribution in [0.1, 0.15) is 44.6 Å². The van der Waals surface area contributed by atoms with Crippen LogP contribution in [-0.4, -0.2) is 46.0 Å². The Labute approximate surface area is 228 Å². The molecule has 200 valence electrons. The first-order chi connectivity index (χ1) is 19.1. The number of nitrogens with zero attached hydrogens (tertiary/aromatic N) is 4. The Morgan fingerprint density at radius 2 is 1.97 bits per heavy atom. The van der Waals surface area contributed by atoms with E-state index in [9.17, 15) is 4.79 Å². The normalized spacial score (nSPS) is 19.4. The molecule has 2 aromatic carbocycles. The van der Waals surface area contributed by atoms with Crippen LogP contribution in [0.3, 0.4) is 0 Å². The molecule has 0 radical (unpaired) electrons. The van der Waals surface area contributed by atoms with E-state index in [1.54, 1.807) is 12.4 Å². The number of carbonyl (C=O) groups excluding carboxylic acids is 1. The summed E-state index contributed by atoms with van der Waals surface area (Å²) in [5.41, 5.74) is 3.46. The second kappa shape index (κ2) is 11.0. The van der Waals surface area contributed by atoms with Crippen LogP contribution in [0, 0.1) is 6.92 Å². The van der Waals surface area contributed by atoms with Gasteiger partial charge in [-0.1, -0.05) is 31.2 Å². The van der Waals surface area contributed by atoms with Gasteiger partial charge in [-0.15, -0.1) is 0 Å². The van der Waals surface area contributed by atoms with E-state index in [0.29, 0.717) is 24.3 Å². The summed E-state index contributed by atoms with van der Waals surface area (Å²) in [4.78, 5) is 28.7. The Morgan fingerprint density at radius 3 is 2.82 bits per heavy atom. The number of carbonyl (C=O) groups is 1. The second-order valence-corrected chi connectivity index (χ2v) is 10.4. The first-order valence-electron chi connectivity index (χ1n) is 13.9. The molecule has 8 nitrogen and oxygen atoms in total. The third-order valence-electron chi connectivity index (χ3n) is 7.77. The molecule has 2 fully saturated rings. The zero-order chi connectivity index (χ0) is 26.8. The van der Waals surface area contributed by atoms with Crippen molar-refractivity contribution in [2.75, 3.05) is 23.3 Å². The lowest BCUT2D eigenvalue weighted by Crippen LogP contribution is -2.38. The molecule has 0 spiro atoms. The summed E-state index contributed by atoms with van der Waals surface area (Å²) < 4.78 is 6.59.